The zero-order valence-electron chi connectivity index (χ0n) is 16.5. The zero-order chi connectivity index (χ0) is 21.6. The van der Waals surface area contributed by atoms with Crippen molar-refractivity contribution in [3.05, 3.63) is 76.5 Å². The molecule has 31 heavy (non-hydrogen) atoms. The summed E-state index contributed by atoms with van der Waals surface area (Å²) in [5.74, 6) is 1.20. The molecule has 0 aliphatic carbocycles. The van der Waals surface area contributed by atoms with Crippen molar-refractivity contribution in [2.45, 2.75) is 13.3 Å². The molecule has 8 nitrogen and oxygen atoms in total. The first-order valence-corrected chi connectivity index (χ1v) is 10.5. The average Bonchev–Trinajstić information content (AvgIpc) is 3.16. The quantitative estimate of drug-likeness (QED) is 0.364. The van der Waals surface area contributed by atoms with E-state index in [2.05, 4.69) is 35.9 Å². The van der Waals surface area contributed by atoms with Gasteiger partial charge in [-0.2, -0.15) is 15.0 Å². The predicted octanol–water partition coefficient (Wildman–Crippen LogP) is 4.96. The van der Waals surface area contributed by atoms with Crippen LogP contribution in [0.15, 0.2) is 60.8 Å². The Morgan fingerprint density at radius 2 is 1.65 bits per heavy atom. The minimum Gasteiger partial charge on any atom is -0.326 e. The summed E-state index contributed by atoms with van der Waals surface area (Å²) in [4.78, 5) is 30.4. The van der Waals surface area contributed by atoms with Gasteiger partial charge in [0.25, 0.3) is 0 Å². The lowest BCUT2D eigenvalue weighted by atomic mass is 10.3. The van der Waals surface area contributed by atoms with Gasteiger partial charge in [-0.1, -0.05) is 29.8 Å². The molecular weight excluding hydrogens is 434 g/mol. The highest BCUT2D eigenvalue weighted by molar-refractivity contribution is 7.15. The number of hydrogen-bond donors (Lipinski definition) is 3. The fourth-order valence-corrected chi connectivity index (χ4v) is 3.61. The molecule has 0 unspecified atom stereocenters. The van der Waals surface area contributed by atoms with E-state index in [0.29, 0.717) is 27.9 Å². The van der Waals surface area contributed by atoms with Crippen LogP contribution in [-0.2, 0) is 11.2 Å². The molecule has 0 atom stereocenters. The Bertz CT molecular complexity index is 1180. The van der Waals surface area contributed by atoms with Crippen molar-refractivity contribution >= 4 is 57.2 Å². The number of para-hydroxylation sites is 1. The van der Waals surface area contributed by atoms with Crippen LogP contribution in [0.25, 0.3) is 0 Å². The molecule has 4 rings (SSSR count). The molecule has 10 heteroatoms. The number of nitrogens with one attached hydrogen (secondary N) is 3. The first-order chi connectivity index (χ1) is 15.0. The number of carbonyl (C=O) groups is 1. The fourth-order valence-electron chi connectivity index (χ4n) is 2.68. The van der Waals surface area contributed by atoms with Crippen molar-refractivity contribution in [3.8, 4) is 0 Å². The van der Waals surface area contributed by atoms with Crippen LogP contribution >= 0.6 is 22.9 Å². The summed E-state index contributed by atoms with van der Waals surface area (Å²) >= 11 is 7.28. The Hall–Kier alpha value is -3.56. The number of thiazole rings is 1. The van der Waals surface area contributed by atoms with E-state index < -0.39 is 0 Å². The number of aromatic nitrogens is 4. The van der Waals surface area contributed by atoms with Crippen molar-refractivity contribution in [2.75, 3.05) is 16.0 Å². The second-order valence-corrected chi connectivity index (χ2v) is 8.06. The second-order valence-electron chi connectivity index (χ2n) is 6.51. The minimum atomic E-state index is -0.105. The summed E-state index contributed by atoms with van der Waals surface area (Å²) in [5, 5.41) is 10.3. The van der Waals surface area contributed by atoms with Gasteiger partial charge in [-0.25, -0.2) is 4.98 Å². The lowest BCUT2D eigenvalue weighted by Crippen LogP contribution is -2.13. The van der Waals surface area contributed by atoms with Crippen LogP contribution in [0, 0.1) is 6.92 Å². The molecule has 156 valence electrons. The smallest absolute Gasteiger partial charge is 0.234 e. The Kier molecular flexibility index (Phi) is 6.34. The van der Waals surface area contributed by atoms with Crippen LogP contribution in [0.1, 0.15) is 10.7 Å². The lowest BCUT2D eigenvalue weighted by molar-refractivity contribution is -0.115. The third-order valence-corrected chi connectivity index (χ3v) is 5.18. The number of amides is 1. The molecule has 2 heterocycles. The summed E-state index contributed by atoms with van der Waals surface area (Å²) in [6.45, 7) is 1.78. The highest BCUT2D eigenvalue weighted by atomic mass is 35.5. The van der Waals surface area contributed by atoms with Gasteiger partial charge < -0.3 is 10.6 Å². The van der Waals surface area contributed by atoms with Crippen molar-refractivity contribution in [1.82, 2.24) is 19.9 Å². The Morgan fingerprint density at radius 3 is 2.39 bits per heavy atom. The average molecular weight is 452 g/mol. The van der Waals surface area contributed by atoms with Crippen molar-refractivity contribution in [3.63, 3.8) is 0 Å². The summed E-state index contributed by atoms with van der Waals surface area (Å²) in [6, 6.07) is 16.6. The van der Waals surface area contributed by atoms with Gasteiger partial charge in [0.2, 0.25) is 17.8 Å². The van der Waals surface area contributed by atoms with Gasteiger partial charge >= 0.3 is 0 Å². The first-order valence-electron chi connectivity index (χ1n) is 9.35. The van der Waals surface area contributed by atoms with Gasteiger partial charge in [0.15, 0.2) is 5.13 Å². The summed E-state index contributed by atoms with van der Waals surface area (Å²) in [5.41, 5.74) is 1.57. The van der Waals surface area contributed by atoms with E-state index in [1.54, 1.807) is 25.3 Å². The van der Waals surface area contributed by atoms with Crippen LogP contribution in [0.2, 0.25) is 5.02 Å². The molecule has 2 aromatic carbocycles. The van der Waals surface area contributed by atoms with E-state index in [9.17, 15) is 4.79 Å². The zero-order valence-corrected chi connectivity index (χ0v) is 18.0. The van der Waals surface area contributed by atoms with Crippen molar-refractivity contribution in [2.24, 2.45) is 0 Å². The normalized spacial score (nSPS) is 10.5. The number of benzene rings is 2. The number of aryl methyl sites for hydroxylation is 1. The number of nitrogens with zero attached hydrogens (tertiary/aromatic N) is 4. The van der Waals surface area contributed by atoms with Gasteiger partial charge in [0.05, 0.1) is 6.42 Å². The van der Waals surface area contributed by atoms with E-state index in [1.807, 2.05) is 42.5 Å². The van der Waals surface area contributed by atoms with Crippen LogP contribution in [-0.4, -0.2) is 25.8 Å². The highest BCUT2D eigenvalue weighted by Crippen LogP contribution is 2.23. The van der Waals surface area contributed by atoms with Gasteiger partial charge in [-0.3, -0.25) is 10.1 Å². The molecule has 1 amide bonds. The van der Waals surface area contributed by atoms with E-state index >= 15 is 0 Å². The first kappa shape index (κ1) is 20.7. The molecular formula is C21H18ClN7OS. The molecule has 0 spiro atoms. The molecule has 0 radical (unpaired) electrons. The molecule has 0 saturated carbocycles. The van der Waals surface area contributed by atoms with Gasteiger partial charge in [0.1, 0.15) is 5.82 Å². The third-order valence-electron chi connectivity index (χ3n) is 4.01. The predicted molar refractivity (Wildman–Crippen MR) is 123 cm³/mol. The summed E-state index contributed by atoms with van der Waals surface area (Å²) < 4.78 is 0. The summed E-state index contributed by atoms with van der Waals surface area (Å²) in [7, 11) is 0. The standard InChI is InChI=1S/C21H18ClN7OS/c1-13-24-19(27-16-9-7-14(22)8-10-16)28-20(25-13)29-21-23-12-17(31-21)11-18(30)26-15-5-3-2-4-6-15/h2-10,12H,11H2,1H3,(H,26,30)(H2,23,24,25,27,28,29). The maximum Gasteiger partial charge on any atom is 0.234 e. The fraction of sp³-hybridized carbons (Fsp3) is 0.0952. The number of anilines is 5. The molecule has 0 bridgehead atoms. The maximum absolute atomic E-state index is 12.2. The SMILES string of the molecule is Cc1nc(Nc2ccc(Cl)cc2)nc(Nc2ncc(CC(=O)Nc3ccccc3)s2)n1. The van der Waals surface area contributed by atoms with E-state index in [-0.39, 0.29) is 12.3 Å². The number of halogens is 1. The molecule has 4 aromatic rings. The van der Waals surface area contributed by atoms with Crippen LogP contribution in [0.5, 0.6) is 0 Å². The van der Waals surface area contributed by atoms with E-state index in [0.717, 1.165) is 16.3 Å². The maximum atomic E-state index is 12.2. The van der Waals surface area contributed by atoms with Crippen LogP contribution in [0.3, 0.4) is 0 Å². The molecule has 2 aromatic heterocycles. The monoisotopic (exact) mass is 451 g/mol. The molecule has 0 aliphatic rings. The third kappa shape index (κ3) is 5.97. The number of hydrogen-bond acceptors (Lipinski definition) is 8. The highest BCUT2D eigenvalue weighted by Gasteiger charge is 2.11. The molecule has 0 aliphatic heterocycles. The molecule has 0 saturated heterocycles. The Labute approximate surface area is 187 Å². The number of carbonyl (C=O) groups excluding carboxylic acids is 1. The number of rotatable bonds is 7. The molecule has 3 N–H and O–H groups in total. The second kappa shape index (κ2) is 9.50. The molecule has 0 fully saturated rings. The lowest BCUT2D eigenvalue weighted by Gasteiger charge is -2.07. The Balaban J connectivity index is 1.40. The summed E-state index contributed by atoms with van der Waals surface area (Å²) in [6.07, 6.45) is 1.90. The van der Waals surface area contributed by atoms with Crippen LogP contribution in [0.4, 0.5) is 28.4 Å². The van der Waals surface area contributed by atoms with Crippen molar-refractivity contribution in [1.29, 1.82) is 0 Å². The topological polar surface area (TPSA) is 105 Å². The van der Waals surface area contributed by atoms with Gasteiger partial charge in [-0.15, -0.1) is 11.3 Å². The van der Waals surface area contributed by atoms with Crippen molar-refractivity contribution < 1.29 is 4.79 Å². The largest absolute Gasteiger partial charge is 0.326 e. The van der Waals surface area contributed by atoms with Gasteiger partial charge in [0, 0.05) is 27.5 Å². The van der Waals surface area contributed by atoms with Crippen LogP contribution < -0.4 is 16.0 Å². The minimum absolute atomic E-state index is 0.105. The Morgan fingerprint density at radius 1 is 0.935 bits per heavy atom. The van der Waals surface area contributed by atoms with Gasteiger partial charge in [-0.05, 0) is 43.3 Å². The van der Waals surface area contributed by atoms with E-state index in [4.69, 9.17) is 11.6 Å². The van der Waals surface area contributed by atoms with E-state index in [1.165, 1.54) is 11.3 Å².